The summed E-state index contributed by atoms with van der Waals surface area (Å²) in [4.78, 5) is 13.8. The largest absolute Gasteiger partial charge is 0.503 e. The molecule has 2 rings (SSSR count). The number of aromatic hydroxyl groups is 1. The van der Waals surface area contributed by atoms with Gasteiger partial charge in [-0.25, -0.2) is 0 Å². The minimum absolute atomic E-state index is 0.112. The second kappa shape index (κ2) is 6.75. The molecular formula is C15H24N2O2. The van der Waals surface area contributed by atoms with E-state index in [0.29, 0.717) is 5.69 Å². The number of aromatic nitrogens is 1. The zero-order valence-electron chi connectivity index (χ0n) is 11.8. The highest BCUT2D eigenvalue weighted by Crippen LogP contribution is 2.12. The van der Waals surface area contributed by atoms with E-state index in [1.165, 1.54) is 51.4 Å². The summed E-state index contributed by atoms with van der Waals surface area (Å²) in [5, 5.41) is 9.59. The minimum Gasteiger partial charge on any atom is -0.503 e. The number of likely N-dealkylation sites (tertiary alicyclic amines) is 1. The topological polar surface area (TPSA) is 45.5 Å². The van der Waals surface area contributed by atoms with E-state index in [1.54, 1.807) is 13.1 Å². The highest BCUT2D eigenvalue weighted by atomic mass is 16.3. The lowest BCUT2D eigenvalue weighted by Crippen LogP contribution is -2.20. The molecule has 19 heavy (non-hydrogen) atoms. The van der Waals surface area contributed by atoms with Crippen molar-refractivity contribution in [1.29, 1.82) is 0 Å². The third-order valence-electron chi connectivity index (χ3n) is 3.98. The van der Waals surface area contributed by atoms with Crippen LogP contribution in [0, 0.1) is 6.92 Å². The molecule has 0 atom stereocenters. The lowest BCUT2D eigenvalue weighted by Gasteiger charge is -2.14. The van der Waals surface area contributed by atoms with Crippen LogP contribution in [0.5, 0.6) is 5.75 Å². The first-order valence-corrected chi connectivity index (χ1v) is 7.30. The Morgan fingerprint density at radius 2 is 1.84 bits per heavy atom. The standard InChI is InChI=1S/C15H24N2O2/c1-13-15(19)14(18)7-12-17(13)11-4-2-3-8-16-9-5-6-10-16/h7,12,19H,2-6,8-11H2,1H3. The maximum absolute atomic E-state index is 11.2. The molecule has 4 heteroatoms. The molecule has 1 aromatic heterocycles. The summed E-state index contributed by atoms with van der Waals surface area (Å²) >= 11 is 0. The van der Waals surface area contributed by atoms with E-state index < -0.39 is 0 Å². The molecule has 0 radical (unpaired) electrons. The van der Waals surface area contributed by atoms with Crippen molar-refractivity contribution in [3.05, 3.63) is 28.2 Å². The van der Waals surface area contributed by atoms with E-state index in [9.17, 15) is 9.90 Å². The normalized spacial score (nSPS) is 16.1. The Morgan fingerprint density at radius 1 is 1.16 bits per heavy atom. The second-order valence-corrected chi connectivity index (χ2v) is 5.42. The molecule has 1 aliphatic heterocycles. The number of aryl methyl sites for hydroxylation is 1. The predicted molar refractivity (Wildman–Crippen MR) is 76.6 cm³/mol. The first kappa shape index (κ1) is 14.1. The third kappa shape index (κ3) is 3.83. The van der Waals surface area contributed by atoms with Crippen LogP contribution in [0.4, 0.5) is 0 Å². The Kier molecular flexibility index (Phi) is 5.02. The molecule has 1 saturated heterocycles. The van der Waals surface area contributed by atoms with Crippen molar-refractivity contribution in [2.45, 2.75) is 45.6 Å². The van der Waals surface area contributed by atoms with Gasteiger partial charge >= 0.3 is 0 Å². The summed E-state index contributed by atoms with van der Waals surface area (Å²) < 4.78 is 1.96. The van der Waals surface area contributed by atoms with Gasteiger partial charge < -0.3 is 14.6 Å². The van der Waals surface area contributed by atoms with Gasteiger partial charge in [0, 0.05) is 18.8 Å². The molecule has 4 nitrogen and oxygen atoms in total. The first-order valence-electron chi connectivity index (χ1n) is 7.30. The van der Waals surface area contributed by atoms with Gasteiger partial charge in [-0.2, -0.15) is 0 Å². The summed E-state index contributed by atoms with van der Waals surface area (Å²) in [5.41, 5.74) is 0.384. The lowest BCUT2D eigenvalue weighted by atomic mass is 10.2. The van der Waals surface area contributed by atoms with Gasteiger partial charge in [0.1, 0.15) is 0 Å². The molecular weight excluding hydrogens is 240 g/mol. The third-order valence-corrected chi connectivity index (χ3v) is 3.98. The molecule has 0 aromatic carbocycles. The lowest BCUT2D eigenvalue weighted by molar-refractivity contribution is 0.327. The van der Waals surface area contributed by atoms with Crippen LogP contribution >= 0.6 is 0 Å². The zero-order chi connectivity index (χ0) is 13.7. The molecule has 1 N–H and O–H groups in total. The Bertz CT molecular complexity index is 462. The average molecular weight is 264 g/mol. The zero-order valence-corrected chi connectivity index (χ0v) is 11.8. The van der Waals surface area contributed by atoms with Gasteiger partial charge in [0.2, 0.25) is 5.43 Å². The molecule has 0 unspecified atom stereocenters. The fourth-order valence-corrected chi connectivity index (χ4v) is 2.71. The molecule has 1 aliphatic rings. The minimum atomic E-state index is -0.289. The Labute approximate surface area is 114 Å². The molecule has 2 heterocycles. The Morgan fingerprint density at radius 3 is 2.58 bits per heavy atom. The molecule has 0 aliphatic carbocycles. The van der Waals surface area contributed by atoms with E-state index in [-0.39, 0.29) is 11.2 Å². The van der Waals surface area contributed by atoms with Crippen LogP contribution in [-0.4, -0.2) is 34.2 Å². The van der Waals surface area contributed by atoms with Crippen molar-refractivity contribution in [3.63, 3.8) is 0 Å². The number of nitrogens with zero attached hydrogens (tertiary/aromatic N) is 2. The van der Waals surface area contributed by atoms with Crippen molar-refractivity contribution in [2.24, 2.45) is 0 Å². The van der Waals surface area contributed by atoms with E-state index >= 15 is 0 Å². The maximum Gasteiger partial charge on any atom is 0.223 e. The number of pyridine rings is 1. The SMILES string of the molecule is Cc1c(O)c(=O)ccn1CCCCCN1CCCC1. The molecule has 106 valence electrons. The summed E-state index contributed by atoms with van der Waals surface area (Å²) in [7, 11) is 0. The van der Waals surface area contributed by atoms with Crippen LogP contribution in [0.15, 0.2) is 17.1 Å². The molecule has 0 bridgehead atoms. The van der Waals surface area contributed by atoms with Crippen LogP contribution < -0.4 is 5.43 Å². The average Bonchev–Trinajstić information content (AvgIpc) is 2.91. The van der Waals surface area contributed by atoms with Crippen LogP contribution in [0.1, 0.15) is 37.8 Å². The summed E-state index contributed by atoms with van der Waals surface area (Å²) in [6.45, 7) is 6.43. The number of hydrogen-bond donors (Lipinski definition) is 1. The first-order chi connectivity index (χ1) is 9.18. The highest BCUT2D eigenvalue weighted by Gasteiger charge is 2.10. The molecule has 1 aromatic rings. The number of unbranched alkanes of at least 4 members (excludes halogenated alkanes) is 2. The Hall–Kier alpha value is -1.29. The number of rotatable bonds is 6. The summed E-state index contributed by atoms with van der Waals surface area (Å²) in [6, 6.07) is 1.44. The van der Waals surface area contributed by atoms with Gasteiger partial charge in [0.05, 0.1) is 5.69 Å². The van der Waals surface area contributed by atoms with Gasteiger partial charge in [0.25, 0.3) is 0 Å². The van der Waals surface area contributed by atoms with E-state index in [2.05, 4.69) is 4.90 Å². The van der Waals surface area contributed by atoms with Gasteiger partial charge in [0.15, 0.2) is 5.75 Å². The van der Waals surface area contributed by atoms with Gasteiger partial charge in [-0.05, 0) is 52.2 Å². The van der Waals surface area contributed by atoms with Gasteiger partial charge in [-0.15, -0.1) is 0 Å². The fraction of sp³-hybridized carbons (Fsp3) is 0.667. The van der Waals surface area contributed by atoms with Crippen LogP contribution in [0.2, 0.25) is 0 Å². The van der Waals surface area contributed by atoms with Crippen LogP contribution in [0.25, 0.3) is 0 Å². The predicted octanol–water partition coefficient (Wildman–Crippen LogP) is 2.13. The number of hydrogen-bond acceptors (Lipinski definition) is 3. The second-order valence-electron chi connectivity index (χ2n) is 5.42. The van der Waals surface area contributed by atoms with Crippen molar-refractivity contribution in [3.8, 4) is 5.75 Å². The molecule has 0 saturated carbocycles. The molecule has 1 fully saturated rings. The molecule has 0 spiro atoms. The maximum atomic E-state index is 11.2. The van der Waals surface area contributed by atoms with E-state index in [0.717, 1.165) is 13.0 Å². The smallest absolute Gasteiger partial charge is 0.223 e. The van der Waals surface area contributed by atoms with Crippen molar-refractivity contribution < 1.29 is 5.11 Å². The van der Waals surface area contributed by atoms with Crippen molar-refractivity contribution in [2.75, 3.05) is 19.6 Å². The fourth-order valence-electron chi connectivity index (χ4n) is 2.71. The quantitative estimate of drug-likeness (QED) is 0.801. The highest BCUT2D eigenvalue weighted by molar-refractivity contribution is 5.25. The Balaban J connectivity index is 1.70. The van der Waals surface area contributed by atoms with Crippen molar-refractivity contribution in [1.82, 2.24) is 9.47 Å². The van der Waals surface area contributed by atoms with Gasteiger partial charge in [-0.3, -0.25) is 4.79 Å². The summed E-state index contributed by atoms with van der Waals surface area (Å²) in [6.07, 6.45) is 8.02. The summed E-state index contributed by atoms with van der Waals surface area (Å²) in [5.74, 6) is -0.112. The van der Waals surface area contributed by atoms with E-state index in [1.807, 2.05) is 4.57 Å². The molecule has 0 amide bonds. The van der Waals surface area contributed by atoms with Gasteiger partial charge in [-0.1, -0.05) is 6.42 Å². The van der Waals surface area contributed by atoms with Crippen LogP contribution in [-0.2, 0) is 6.54 Å². The van der Waals surface area contributed by atoms with Crippen LogP contribution in [0.3, 0.4) is 0 Å². The van der Waals surface area contributed by atoms with E-state index in [4.69, 9.17) is 0 Å². The monoisotopic (exact) mass is 264 g/mol. The van der Waals surface area contributed by atoms with Crippen molar-refractivity contribution >= 4 is 0 Å².